The molecule has 0 spiro atoms. The second kappa shape index (κ2) is 6.50. The first-order valence-corrected chi connectivity index (χ1v) is 8.03. The minimum Gasteiger partial charge on any atom is -0.396 e. The van der Waals surface area contributed by atoms with E-state index in [0.717, 1.165) is 6.07 Å². The molecule has 1 unspecified atom stereocenters. The molecule has 8 heteroatoms. The Bertz CT molecular complexity index is 629. The van der Waals surface area contributed by atoms with Crippen molar-refractivity contribution in [1.82, 2.24) is 4.72 Å². The van der Waals surface area contributed by atoms with E-state index in [1.54, 1.807) is 20.8 Å². The quantitative estimate of drug-likeness (QED) is 0.588. The Hall–Kier alpha value is -1.51. The van der Waals surface area contributed by atoms with Crippen LogP contribution in [0.1, 0.15) is 32.3 Å². The fourth-order valence-corrected chi connectivity index (χ4v) is 3.41. The van der Waals surface area contributed by atoms with Crippen LogP contribution in [0.3, 0.4) is 0 Å². The molecule has 0 aromatic heterocycles. The van der Waals surface area contributed by atoms with Crippen LogP contribution in [0.4, 0.5) is 5.69 Å². The molecule has 118 valence electrons. The fourth-order valence-electron chi connectivity index (χ4n) is 1.88. The average molecular weight is 316 g/mol. The number of benzene rings is 1. The molecular formula is C13H20N2O5S. The molecule has 7 nitrogen and oxygen atoms in total. The second-order valence-electron chi connectivity index (χ2n) is 5.20. The molecule has 0 aliphatic heterocycles. The van der Waals surface area contributed by atoms with Crippen LogP contribution in [0.15, 0.2) is 23.1 Å². The Labute approximate surface area is 124 Å². The van der Waals surface area contributed by atoms with Gasteiger partial charge < -0.3 is 5.11 Å². The topological polar surface area (TPSA) is 110 Å². The molecule has 1 atom stereocenters. The summed E-state index contributed by atoms with van der Waals surface area (Å²) in [5.41, 5.74) is -0.640. The predicted octanol–water partition coefficient (Wildman–Crippen LogP) is 1.73. The van der Waals surface area contributed by atoms with Crippen molar-refractivity contribution in [1.29, 1.82) is 0 Å². The van der Waals surface area contributed by atoms with Crippen LogP contribution in [0.5, 0.6) is 0 Å². The van der Waals surface area contributed by atoms with Gasteiger partial charge >= 0.3 is 0 Å². The van der Waals surface area contributed by atoms with Gasteiger partial charge in [-0.25, -0.2) is 13.1 Å². The Morgan fingerprint density at radius 3 is 2.52 bits per heavy atom. The number of nitrogens with one attached hydrogen (secondary N) is 1. The molecule has 0 aliphatic carbocycles. The van der Waals surface area contributed by atoms with Crippen LogP contribution in [0.2, 0.25) is 0 Å². The van der Waals surface area contributed by atoms with Crippen LogP contribution < -0.4 is 4.72 Å². The molecule has 0 radical (unpaired) electrons. The average Bonchev–Trinajstić information content (AvgIpc) is 2.38. The van der Waals surface area contributed by atoms with Gasteiger partial charge in [-0.05, 0) is 32.8 Å². The molecule has 21 heavy (non-hydrogen) atoms. The summed E-state index contributed by atoms with van der Waals surface area (Å²) in [6.07, 6.45) is 0.747. The van der Waals surface area contributed by atoms with Crippen molar-refractivity contribution >= 4 is 15.7 Å². The normalized spacial score (nSPS) is 14.7. The lowest BCUT2D eigenvalue weighted by atomic mass is 9.97. The van der Waals surface area contributed by atoms with Gasteiger partial charge in [-0.2, -0.15) is 0 Å². The van der Waals surface area contributed by atoms with Crippen molar-refractivity contribution < 1.29 is 18.4 Å². The Balaban J connectivity index is 3.20. The molecule has 0 amide bonds. The van der Waals surface area contributed by atoms with Crippen LogP contribution >= 0.6 is 0 Å². The summed E-state index contributed by atoms with van der Waals surface area (Å²) in [7, 11) is -3.89. The zero-order valence-electron chi connectivity index (χ0n) is 12.3. The van der Waals surface area contributed by atoms with Gasteiger partial charge in [0.15, 0.2) is 0 Å². The van der Waals surface area contributed by atoms with Crippen LogP contribution in [-0.4, -0.2) is 30.6 Å². The monoisotopic (exact) mass is 316 g/mol. The highest BCUT2D eigenvalue weighted by Gasteiger charge is 2.29. The van der Waals surface area contributed by atoms with Crippen molar-refractivity contribution in [3.8, 4) is 0 Å². The van der Waals surface area contributed by atoms with E-state index in [1.165, 1.54) is 12.1 Å². The van der Waals surface area contributed by atoms with Crippen LogP contribution in [0.25, 0.3) is 0 Å². The summed E-state index contributed by atoms with van der Waals surface area (Å²) in [5, 5.41) is 19.9. The van der Waals surface area contributed by atoms with Crippen molar-refractivity contribution in [2.45, 2.75) is 44.0 Å². The number of sulfonamides is 1. The third-order valence-electron chi connectivity index (χ3n) is 3.51. The minimum atomic E-state index is -3.89. The summed E-state index contributed by atoms with van der Waals surface area (Å²) in [6.45, 7) is 4.88. The van der Waals surface area contributed by atoms with Crippen LogP contribution in [0, 0.1) is 17.0 Å². The zero-order valence-corrected chi connectivity index (χ0v) is 13.1. The van der Waals surface area contributed by atoms with Crippen molar-refractivity contribution in [2.75, 3.05) is 6.61 Å². The molecule has 0 fully saturated rings. The standard InChI is InChI=1S/C13H20N2O5S/c1-4-13(3,7-8-16)14-21(19,20)11-6-5-10(2)12(9-11)15(17)18/h5-6,9,14,16H,4,7-8H2,1-3H3. The maximum atomic E-state index is 12.4. The Kier molecular flexibility index (Phi) is 5.43. The number of nitro groups is 1. The lowest BCUT2D eigenvalue weighted by Crippen LogP contribution is -2.46. The summed E-state index contributed by atoms with van der Waals surface area (Å²) < 4.78 is 27.2. The SMILES string of the molecule is CCC(C)(CCO)NS(=O)(=O)c1ccc(C)c([N+](=O)[O-])c1. The Morgan fingerprint density at radius 1 is 1.43 bits per heavy atom. The van der Waals surface area contributed by atoms with Gasteiger partial charge in [-0.1, -0.05) is 13.0 Å². The number of aliphatic hydroxyl groups is 1. The number of hydrogen-bond donors (Lipinski definition) is 2. The van der Waals surface area contributed by atoms with E-state index in [4.69, 9.17) is 5.11 Å². The molecule has 1 aromatic carbocycles. The van der Waals surface area contributed by atoms with Gasteiger partial charge in [0.05, 0.1) is 9.82 Å². The second-order valence-corrected chi connectivity index (χ2v) is 6.88. The van der Waals surface area contributed by atoms with Crippen LogP contribution in [-0.2, 0) is 10.0 Å². The van der Waals surface area contributed by atoms with Gasteiger partial charge in [0, 0.05) is 23.8 Å². The third-order valence-corrected chi connectivity index (χ3v) is 5.15. The van der Waals surface area contributed by atoms with Gasteiger partial charge in [-0.15, -0.1) is 0 Å². The molecule has 1 aromatic rings. The van der Waals surface area contributed by atoms with E-state index < -0.39 is 20.5 Å². The number of aliphatic hydroxyl groups excluding tert-OH is 1. The first-order valence-electron chi connectivity index (χ1n) is 6.55. The predicted molar refractivity (Wildman–Crippen MR) is 78.6 cm³/mol. The maximum Gasteiger partial charge on any atom is 0.273 e. The molecule has 2 N–H and O–H groups in total. The summed E-state index contributed by atoms with van der Waals surface area (Å²) in [6, 6.07) is 3.79. The molecule has 0 bridgehead atoms. The number of hydrogen-bond acceptors (Lipinski definition) is 5. The van der Waals surface area contributed by atoms with E-state index >= 15 is 0 Å². The van der Waals surface area contributed by atoms with E-state index in [1.807, 2.05) is 0 Å². The van der Waals surface area contributed by atoms with Gasteiger partial charge in [0.1, 0.15) is 0 Å². The molecule has 0 saturated carbocycles. The summed E-state index contributed by atoms with van der Waals surface area (Å²) in [5.74, 6) is 0. The van der Waals surface area contributed by atoms with E-state index in [-0.39, 0.29) is 23.6 Å². The van der Waals surface area contributed by atoms with E-state index in [2.05, 4.69) is 4.72 Å². The molecule has 1 rings (SSSR count). The maximum absolute atomic E-state index is 12.4. The number of rotatable bonds is 7. The molecule has 0 saturated heterocycles. The first-order chi connectivity index (χ1) is 9.65. The fraction of sp³-hybridized carbons (Fsp3) is 0.538. The number of nitro benzene ring substituents is 1. The molecule has 0 heterocycles. The smallest absolute Gasteiger partial charge is 0.273 e. The largest absolute Gasteiger partial charge is 0.396 e. The summed E-state index contributed by atoms with van der Waals surface area (Å²) >= 11 is 0. The van der Waals surface area contributed by atoms with Gasteiger partial charge in [0.25, 0.3) is 5.69 Å². The van der Waals surface area contributed by atoms with Gasteiger partial charge in [-0.3, -0.25) is 10.1 Å². The first kappa shape index (κ1) is 17.5. The lowest BCUT2D eigenvalue weighted by molar-refractivity contribution is -0.385. The summed E-state index contributed by atoms with van der Waals surface area (Å²) in [4.78, 5) is 10.1. The number of aryl methyl sites for hydroxylation is 1. The minimum absolute atomic E-state index is 0.152. The highest BCUT2D eigenvalue weighted by molar-refractivity contribution is 7.89. The van der Waals surface area contributed by atoms with E-state index in [0.29, 0.717) is 12.0 Å². The van der Waals surface area contributed by atoms with Crippen molar-refractivity contribution in [3.63, 3.8) is 0 Å². The van der Waals surface area contributed by atoms with Gasteiger partial charge in [0.2, 0.25) is 10.0 Å². The van der Waals surface area contributed by atoms with Crippen molar-refractivity contribution in [3.05, 3.63) is 33.9 Å². The lowest BCUT2D eigenvalue weighted by Gasteiger charge is -2.28. The number of nitrogens with zero attached hydrogens (tertiary/aromatic N) is 1. The molecular weight excluding hydrogens is 296 g/mol. The highest BCUT2D eigenvalue weighted by Crippen LogP contribution is 2.24. The highest BCUT2D eigenvalue weighted by atomic mass is 32.2. The Morgan fingerprint density at radius 2 is 2.05 bits per heavy atom. The van der Waals surface area contributed by atoms with E-state index in [9.17, 15) is 18.5 Å². The zero-order chi connectivity index (χ0) is 16.3. The van der Waals surface area contributed by atoms with Crippen molar-refractivity contribution in [2.24, 2.45) is 0 Å². The molecule has 0 aliphatic rings. The third kappa shape index (κ3) is 4.23.